The SMILES string of the molecule is Nc1csc(Cc2cc(F)cc(F)c2)n1. The van der Waals surface area contributed by atoms with Gasteiger partial charge in [0.15, 0.2) is 0 Å². The van der Waals surface area contributed by atoms with Crippen LogP contribution in [0.5, 0.6) is 0 Å². The zero-order valence-corrected chi connectivity index (χ0v) is 8.52. The van der Waals surface area contributed by atoms with Crippen molar-refractivity contribution in [2.75, 3.05) is 5.73 Å². The van der Waals surface area contributed by atoms with Gasteiger partial charge in [-0.25, -0.2) is 13.8 Å². The third kappa shape index (κ3) is 2.50. The molecule has 0 radical (unpaired) electrons. The van der Waals surface area contributed by atoms with Gasteiger partial charge >= 0.3 is 0 Å². The van der Waals surface area contributed by atoms with E-state index in [1.807, 2.05) is 0 Å². The van der Waals surface area contributed by atoms with Gasteiger partial charge in [0, 0.05) is 17.9 Å². The summed E-state index contributed by atoms with van der Waals surface area (Å²) in [5.41, 5.74) is 6.00. The third-order valence-electron chi connectivity index (χ3n) is 1.85. The molecule has 2 aromatic rings. The van der Waals surface area contributed by atoms with E-state index in [9.17, 15) is 8.78 Å². The fraction of sp³-hybridized carbons (Fsp3) is 0.100. The lowest BCUT2D eigenvalue weighted by atomic mass is 10.1. The Hall–Kier alpha value is -1.49. The fourth-order valence-electron chi connectivity index (χ4n) is 1.29. The van der Waals surface area contributed by atoms with Crippen LogP contribution in [0.1, 0.15) is 10.6 Å². The molecule has 0 aliphatic heterocycles. The van der Waals surface area contributed by atoms with Crippen LogP contribution in [-0.2, 0) is 6.42 Å². The second-order valence-electron chi connectivity index (χ2n) is 3.12. The van der Waals surface area contributed by atoms with Crippen LogP contribution in [0.15, 0.2) is 23.6 Å². The van der Waals surface area contributed by atoms with Crippen LogP contribution < -0.4 is 5.73 Å². The summed E-state index contributed by atoms with van der Waals surface area (Å²) < 4.78 is 25.7. The standard InChI is InChI=1S/C10H8F2N2S/c11-7-1-6(2-8(12)4-7)3-10-14-9(13)5-15-10/h1-2,4-5H,3,13H2. The van der Waals surface area contributed by atoms with Crippen LogP contribution in [0, 0.1) is 11.6 Å². The van der Waals surface area contributed by atoms with E-state index in [1.165, 1.54) is 23.5 Å². The number of benzene rings is 1. The highest BCUT2D eigenvalue weighted by Gasteiger charge is 2.04. The highest BCUT2D eigenvalue weighted by Crippen LogP contribution is 2.17. The number of halogens is 2. The molecule has 0 aliphatic carbocycles. The number of anilines is 1. The van der Waals surface area contributed by atoms with Crippen molar-refractivity contribution in [3.8, 4) is 0 Å². The molecule has 2 nitrogen and oxygen atoms in total. The van der Waals surface area contributed by atoms with Crippen molar-refractivity contribution in [1.29, 1.82) is 0 Å². The first kappa shape index (κ1) is 10.0. The molecule has 78 valence electrons. The molecule has 0 saturated carbocycles. The maximum atomic E-state index is 12.9. The Morgan fingerprint density at radius 3 is 2.40 bits per heavy atom. The quantitative estimate of drug-likeness (QED) is 0.854. The van der Waals surface area contributed by atoms with Gasteiger partial charge in [0.2, 0.25) is 0 Å². The lowest BCUT2D eigenvalue weighted by molar-refractivity contribution is 0.580. The molecule has 2 rings (SSSR count). The number of hydrogen-bond acceptors (Lipinski definition) is 3. The van der Waals surface area contributed by atoms with Crippen LogP contribution in [0.3, 0.4) is 0 Å². The Bertz CT molecular complexity index is 462. The number of nitrogens with two attached hydrogens (primary N) is 1. The van der Waals surface area contributed by atoms with E-state index in [2.05, 4.69) is 4.98 Å². The van der Waals surface area contributed by atoms with Gasteiger partial charge in [0.25, 0.3) is 0 Å². The molecule has 15 heavy (non-hydrogen) atoms. The molecule has 0 bridgehead atoms. The van der Waals surface area contributed by atoms with Crippen molar-refractivity contribution in [3.63, 3.8) is 0 Å². The zero-order valence-electron chi connectivity index (χ0n) is 7.71. The zero-order chi connectivity index (χ0) is 10.8. The van der Waals surface area contributed by atoms with Crippen LogP contribution >= 0.6 is 11.3 Å². The Balaban J connectivity index is 2.24. The average molecular weight is 226 g/mol. The molecular formula is C10H8F2N2S. The summed E-state index contributed by atoms with van der Waals surface area (Å²) in [6.07, 6.45) is 0.399. The fourth-order valence-corrected chi connectivity index (χ4v) is 2.01. The Labute approximate surface area is 89.4 Å². The van der Waals surface area contributed by atoms with Crippen molar-refractivity contribution in [2.45, 2.75) is 6.42 Å². The number of hydrogen-bond donors (Lipinski definition) is 1. The van der Waals surface area contributed by atoms with E-state index in [0.717, 1.165) is 11.1 Å². The smallest absolute Gasteiger partial charge is 0.134 e. The average Bonchev–Trinajstić information content (AvgIpc) is 2.49. The second-order valence-corrected chi connectivity index (χ2v) is 4.06. The Morgan fingerprint density at radius 1 is 1.20 bits per heavy atom. The topological polar surface area (TPSA) is 38.9 Å². The van der Waals surface area contributed by atoms with E-state index < -0.39 is 11.6 Å². The summed E-state index contributed by atoms with van der Waals surface area (Å²) in [7, 11) is 0. The predicted octanol–water partition coefficient (Wildman–Crippen LogP) is 2.59. The number of aromatic nitrogens is 1. The van der Waals surface area contributed by atoms with Gasteiger partial charge in [-0.05, 0) is 17.7 Å². The number of rotatable bonds is 2. The third-order valence-corrected chi connectivity index (χ3v) is 2.71. The van der Waals surface area contributed by atoms with Gasteiger partial charge < -0.3 is 5.73 Å². The van der Waals surface area contributed by atoms with Gasteiger partial charge in [-0.15, -0.1) is 11.3 Å². The van der Waals surface area contributed by atoms with E-state index >= 15 is 0 Å². The van der Waals surface area contributed by atoms with Crippen molar-refractivity contribution in [3.05, 3.63) is 45.8 Å². The summed E-state index contributed by atoms with van der Waals surface area (Å²) >= 11 is 1.38. The highest BCUT2D eigenvalue weighted by atomic mass is 32.1. The van der Waals surface area contributed by atoms with Gasteiger partial charge in [-0.1, -0.05) is 0 Å². The first-order valence-electron chi connectivity index (χ1n) is 4.28. The van der Waals surface area contributed by atoms with Crippen LogP contribution in [-0.4, -0.2) is 4.98 Å². The van der Waals surface area contributed by atoms with Gasteiger partial charge in [0.1, 0.15) is 17.5 Å². The van der Waals surface area contributed by atoms with Crippen molar-refractivity contribution < 1.29 is 8.78 Å². The molecule has 0 unspecified atom stereocenters. The monoisotopic (exact) mass is 226 g/mol. The summed E-state index contributed by atoms with van der Waals surface area (Å²) in [5.74, 6) is -0.712. The van der Waals surface area contributed by atoms with Crippen LogP contribution in [0.25, 0.3) is 0 Å². The van der Waals surface area contributed by atoms with Gasteiger partial charge in [-0.2, -0.15) is 0 Å². The molecular weight excluding hydrogens is 218 g/mol. The van der Waals surface area contributed by atoms with E-state index in [4.69, 9.17) is 5.73 Å². The van der Waals surface area contributed by atoms with Crippen molar-refractivity contribution >= 4 is 17.2 Å². The molecule has 5 heteroatoms. The largest absolute Gasteiger partial charge is 0.383 e. The molecule has 1 aromatic heterocycles. The maximum absolute atomic E-state index is 12.9. The first-order valence-corrected chi connectivity index (χ1v) is 5.16. The summed E-state index contributed by atoms with van der Waals surface area (Å²) in [6, 6.07) is 3.43. The molecule has 0 spiro atoms. The first-order chi connectivity index (χ1) is 7.13. The van der Waals surface area contributed by atoms with Gasteiger partial charge in [0.05, 0.1) is 5.01 Å². The second kappa shape index (κ2) is 3.94. The van der Waals surface area contributed by atoms with E-state index in [-0.39, 0.29) is 0 Å². The molecule has 0 amide bonds. The molecule has 2 N–H and O–H groups in total. The predicted molar refractivity (Wildman–Crippen MR) is 55.7 cm³/mol. The van der Waals surface area contributed by atoms with E-state index in [0.29, 0.717) is 17.8 Å². The van der Waals surface area contributed by atoms with E-state index in [1.54, 1.807) is 5.38 Å². The number of nitrogens with zero attached hydrogens (tertiary/aromatic N) is 1. The minimum absolute atomic E-state index is 0.399. The Kier molecular flexibility index (Phi) is 2.64. The minimum atomic E-state index is -0.575. The van der Waals surface area contributed by atoms with Crippen LogP contribution in [0.2, 0.25) is 0 Å². The van der Waals surface area contributed by atoms with Crippen molar-refractivity contribution in [2.24, 2.45) is 0 Å². The number of nitrogen functional groups attached to an aromatic ring is 1. The normalized spacial score (nSPS) is 10.5. The lowest BCUT2D eigenvalue weighted by Crippen LogP contribution is -1.91. The molecule has 0 fully saturated rings. The molecule has 0 saturated heterocycles. The lowest BCUT2D eigenvalue weighted by Gasteiger charge is -1.98. The molecule has 1 heterocycles. The number of thiazole rings is 1. The minimum Gasteiger partial charge on any atom is -0.383 e. The van der Waals surface area contributed by atoms with Gasteiger partial charge in [-0.3, -0.25) is 0 Å². The Morgan fingerprint density at radius 2 is 1.87 bits per heavy atom. The molecule has 0 atom stereocenters. The van der Waals surface area contributed by atoms with Crippen molar-refractivity contribution in [1.82, 2.24) is 4.98 Å². The van der Waals surface area contributed by atoms with Crippen LogP contribution in [0.4, 0.5) is 14.6 Å². The maximum Gasteiger partial charge on any atom is 0.134 e. The summed E-state index contributed by atoms with van der Waals surface area (Å²) in [4.78, 5) is 4.02. The highest BCUT2D eigenvalue weighted by molar-refractivity contribution is 7.10. The molecule has 0 aliphatic rings. The molecule has 1 aromatic carbocycles. The summed E-state index contributed by atoms with van der Waals surface area (Å²) in [5, 5.41) is 2.45. The summed E-state index contributed by atoms with van der Waals surface area (Å²) in [6.45, 7) is 0.